The van der Waals surface area contributed by atoms with E-state index in [1.54, 1.807) is 12.1 Å². The van der Waals surface area contributed by atoms with Crippen LogP contribution in [0.1, 0.15) is 12.8 Å². The Morgan fingerprint density at radius 1 is 1.18 bits per heavy atom. The van der Waals surface area contributed by atoms with Crippen molar-refractivity contribution < 1.29 is 14.0 Å². The SMILES string of the molecule is NC(=O)CCn1c(SCCC(=O)Nc2ccccc2F)nnc1-c1cccs1. The van der Waals surface area contributed by atoms with E-state index in [4.69, 9.17) is 5.73 Å². The largest absolute Gasteiger partial charge is 0.370 e. The van der Waals surface area contributed by atoms with Crippen LogP contribution in [-0.4, -0.2) is 32.3 Å². The first-order chi connectivity index (χ1) is 13.5. The molecule has 0 fully saturated rings. The lowest BCUT2D eigenvalue weighted by Gasteiger charge is -2.09. The van der Waals surface area contributed by atoms with Crippen LogP contribution in [-0.2, 0) is 16.1 Å². The molecular formula is C18H18FN5O2S2. The fourth-order valence-corrected chi connectivity index (χ4v) is 4.04. The van der Waals surface area contributed by atoms with E-state index in [-0.39, 0.29) is 24.4 Å². The lowest BCUT2D eigenvalue weighted by Crippen LogP contribution is -2.15. The Balaban J connectivity index is 1.62. The maximum absolute atomic E-state index is 13.6. The number of rotatable bonds is 9. The summed E-state index contributed by atoms with van der Waals surface area (Å²) in [7, 11) is 0. The average molecular weight is 420 g/mol. The molecule has 3 N–H and O–H groups in total. The molecule has 0 aliphatic rings. The van der Waals surface area contributed by atoms with Gasteiger partial charge in [0.15, 0.2) is 11.0 Å². The molecule has 7 nitrogen and oxygen atoms in total. The van der Waals surface area contributed by atoms with Crippen LogP contribution in [0.15, 0.2) is 46.9 Å². The molecule has 0 bridgehead atoms. The van der Waals surface area contributed by atoms with E-state index in [0.29, 0.717) is 23.3 Å². The Morgan fingerprint density at radius 3 is 2.71 bits per heavy atom. The van der Waals surface area contributed by atoms with Gasteiger partial charge in [-0.15, -0.1) is 21.5 Å². The average Bonchev–Trinajstić information content (AvgIpc) is 3.31. The number of halogens is 1. The molecule has 0 saturated carbocycles. The van der Waals surface area contributed by atoms with Crippen molar-refractivity contribution in [2.24, 2.45) is 5.73 Å². The second kappa shape index (κ2) is 9.47. The minimum absolute atomic E-state index is 0.155. The molecule has 3 rings (SSSR count). The van der Waals surface area contributed by atoms with Crippen molar-refractivity contribution in [3.63, 3.8) is 0 Å². The second-order valence-electron chi connectivity index (χ2n) is 5.78. The zero-order valence-electron chi connectivity index (χ0n) is 14.8. The standard InChI is InChI=1S/C18H18FN5O2S2/c19-12-4-1-2-5-13(12)21-16(26)8-11-28-18-23-22-17(14-6-3-10-27-14)24(18)9-7-15(20)25/h1-6,10H,7-9,11H2,(H2,20,25)(H,21,26). The van der Waals surface area contributed by atoms with Crippen molar-refractivity contribution >= 4 is 40.6 Å². The number of nitrogens with two attached hydrogens (primary N) is 1. The topological polar surface area (TPSA) is 103 Å². The maximum Gasteiger partial charge on any atom is 0.225 e. The molecule has 28 heavy (non-hydrogen) atoms. The van der Waals surface area contributed by atoms with Gasteiger partial charge in [0.2, 0.25) is 11.8 Å². The number of para-hydroxylation sites is 1. The van der Waals surface area contributed by atoms with Gasteiger partial charge in [-0.05, 0) is 23.6 Å². The van der Waals surface area contributed by atoms with Gasteiger partial charge >= 0.3 is 0 Å². The Kier molecular flexibility index (Phi) is 6.77. The van der Waals surface area contributed by atoms with E-state index in [1.165, 1.54) is 35.2 Å². The number of thiophene rings is 1. The normalized spacial score (nSPS) is 10.8. The first-order valence-electron chi connectivity index (χ1n) is 8.47. The molecule has 146 valence electrons. The van der Waals surface area contributed by atoms with Gasteiger partial charge in [-0.2, -0.15) is 0 Å². The van der Waals surface area contributed by atoms with Gasteiger partial charge in [-0.3, -0.25) is 9.59 Å². The van der Waals surface area contributed by atoms with Crippen LogP contribution in [0.2, 0.25) is 0 Å². The molecule has 0 unspecified atom stereocenters. The molecule has 0 atom stereocenters. The molecule has 0 aliphatic heterocycles. The van der Waals surface area contributed by atoms with Crippen molar-refractivity contribution in [3.8, 4) is 10.7 Å². The summed E-state index contributed by atoms with van der Waals surface area (Å²) in [6.07, 6.45) is 0.341. The van der Waals surface area contributed by atoms with Crippen molar-refractivity contribution in [2.45, 2.75) is 24.5 Å². The fraction of sp³-hybridized carbons (Fsp3) is 0.222. The van der Waals surface area contributed by atoms with Gasteiger partial charge in [-0.25, -0.2) is 4.39 Å². The Bertz CT molecular complexity index is 959. The quantitative estimate of drug-likeness (QED) is 0.519. The van der Waals surface area contributed by atoms with Crippen LogP contribution in [0.25, 0.3) is 10.7 Å². The summed E-state index contributed by atoms with van der Waals surface area (Å²) < 4.78 is 15.4. The molecule has 0 radical (unpaired) electrons. The molecule has 10 heteroatoms. The number of anilines is 1. The lowest BCUT2D eigenvalue weighted by molar-refractivity contribution is -0.118. The van der Waals surface area contributed by atoms with Crippen molar-refractivity contribution in [1.29, 1.82) is 0 Å². The maximum atomic E-state index is 13.6. The van der Waals surface area contributed by atoms with Crippen LogP contribution in [0, 0.1) is 5.82 Å². The highest BCUT2D eigenvalue weighted by molar-refractivity contribution is 7.99. The van der Waals surface area contributed by atoms with Crippen molar-refractivity contribution in [1.82, 2.24) is 14.8 Å². The Hall–Kier alpha value is -2.72. The highest BCUT2D eigenvalue weighted by atomic mass is 32.2. The van der Waals surface area contributed by atoms with Crippen molar-refractivity contribution in [3.05, 3.63) is 47.6 Å². The number of nitrogens with zero attached hydrogens (tertiary/aromatic N) is 3. The number of thioether (sulfide) groups is 1. The summed E-state index contributed by atoms with van der Waals surface area (Å²) in [6, 6.07) is 9.84. The number of amides is 2. The van der Waals surface area contributed by atoms with Crippen LogP contribution >= 0.6 is 23.1 Å². The number of aromatic nitrogens is 3. The second-order valence-corrected chi connectivity index (χ2v) is 7.79. The lowest BCUT2D eigenvalue weighted by atomic mass is 10.3. The third-order valence-corrected chi connectivity index (χ3v) is 5.58. The third kappa shape index (κ3) is 5.17. The van der Waals surface area contributed by atoms with E-state index in [0.717, 1.165) is 4.88 Å². The minimum atomic E-state index is -0.477. The number of carbonyl (C=O) groups excluding carboxylic acids is 2. The van der Waals surface area contributed by atoms with Gasteiger partial charge < -0.3 is 15.6 Å². The Labute approximate surface area is 169 Å². The molecule has 0 spiro atoms. The molecule has 3 aromatic rings. The predicted octanol–water partition coefficient (Wildman–Crippen LogP) is 3.14. The number of primary amides is 1. The highest BCUT2D eigenvalue weighted by Crippen LogP contribution is 2.27. The predicted molar refractivity (Wildman–Crippen MR) is 108 cm³/mol. The summed E-state index contributed by atoms with van der Waals surface area (Å²) in [5.74, 6) is -0.0884. The molecule has 0 saturated heterocycles. The van der Waals surface area contributed by atoms with Gasteiger partial charge in [-0.1, -0.05) is 30.0 Å². The number of carbonyl (C=O) groups is 2. The first-order valence-corrected chi connectivity index (χ1v) is 10.3. The van der Waals surface area contributed by atoms with Crippen LogP contribution in [0.4, 0.5) is 10.1 Å². The van der Waals surface area contributed by atoms with Crippen LogP contribution in [0.3, 0.4) is 0 Å². The van der Waals surface area contributed by atoms with Gasteiger partial charge in [0.05, 0.1) is 10.6 Å². The number of hydrogen-bond acceptors (Lipinski definition) is 6. The molecule has 0 aliphatic carbocycles. The first kappa shape index (κ1) is 20.0. The number of benzene rings is 1. The zero-order chi connectivity index (χ0) is 19.9. The highest BCUT2D eigenvalue weighted by Gasteiger charge is 2.16. The molecule has 2 heterocycles. The molecule has 2 amide bonds. The summed E-state index contributed by atoms with van der Waals surface area (Å²) in [5, 5.41) is 13.5. The van der Waals surface area contributed by atoms with E-state index >= 15 is 0 Å². The van der Waals surface area contributed by atoms with E-state index in [2.05, 4.69) is 15.5 Å². The monoisotopic (exact) mass is 419 g/mol. The summed E-state index contributed by atoms with van der Waals surface area (Å²) in [4.78, 5) is 24.2. The van der Waals surface area contributed by atoms with Crippen LogP contribution < -0.4 is 11.1 Å². The molecule has 2 aromatic heterocycles. The van der Waals surface area contributed by atoms with Crippen molar-refractivity contribution in [2.75, 3.05) is 11.1 Å². The third-order valence-electron chi connectivity index (χ3n) is 3.75. The molecular weight excluding hydrogens is 401 g/mol. The van der Waals surface area contributed by atoms with Gasteiger partial charge in [0.1, 0.15) is 5.82 Å². The summed E-state index contributed by atoms with van der Waals surface area (Å²) >= 11 is 2.87. The molecule has 1 aromatic carbocycles. The number of nitrogens with one attached hydrogen (secondary N) is 1. The van der Waals surface area contributed by atoms with E-state index in [1.807, 2.05) is 22.1 Å². The van der Waals surface area contributed by atoms with E-state index < -0.39 is 11.7 Å². The van der Waals surface area contributed by atoms with Gasteiger partial charge in [0, 0.05) is 25.1 Å². The van der Waals surface area contributed by atoms with Crippen LogP contribution in [0.5, 0.6) is 0 Å². The number of hydrogen-bond donors (Lipinski definition) is 2. The van der Waals surface area contributed by atoms with Gasteiger partial charge in [0.25, 0.3) is 0 Å². The summed E-state index contributed by atoms with van der Waals surface area (Å²) in [5.41, 5.74) is 5.43. The minimum Gasteiger partial charge on any atom is -0.370 e. The Morgan fingerprint density at radius 2 is 2.00 bits per heavy atom. The smallest absolute Gasteiger partial charge is 0.225 e. The fourth-order valence-electron chi connectivity index (χ4n) is 2.42. The summed E-state index contributed by atoms with van der Waals surface area (Å²) in [6.45, 7) is 0.360. The zero-order valence-corrected chi connectivity index (χ0v) is 16.4. The van der Waals surface area contributed by atoms with E-state index in [9.17, 15) is 14.0 Å².